The van der Waals surface area contributed by atoms with Crippen molar-refractivity contribution in [3.8, 4) is 5.75 Å². The molecule has 1 atom stereocenters. The van der Waals surface area contributed by atoms with Crippen LogP contribution in [0.15, 0.2) is 47.6 Å². The van der Waals surface area contributed by atoms with E-state index in [4.69, 9.17) is 28.0 Å². The highest BCUT2D eigenvalue weighted by Gasteiger charge is 2.16. The van der Waals surface area contributed by atoms with Crippen LogP contribution in [0.4, 0.5) is 14.5 Å². The van der Waals surface area contributed by atoms with Gasteiger partial charge in [-0.1, -0.05) is 40.5 Å². The number of amides is 1. The number of benzene rings is 2. The summed E-state index contributed by atoms with van der Waals surface area (Å²) in [5.74, 6) is -0.552. The van der Waals surface area contributed by atoms with E-state index in [0.717, 1.165) is 0 Å². The minimum Gasteiger partial charge on any atom is -0.434 e. The lowest BCUT2D eigenvalue weighted by molar-refractivity contribution is -0.126. The van der Waals surface area contributed by atoms with E-state index in [1.54, 1.807) is 24.3 Å². The van der Waals surface area contributed by atoms with E-state index in [1.165, 1.54) is 31.3 Å². The molecule has 0 bridgehead atoms. The van der Waals surface area contributed by atoms with Crippen molar-refractivity contribution in [2.45, 2.75) is 19.6 Å². The van der Waals surface area contributed by atoms with Crippen LogP contribution in [0.5, 0.6) is 5.75 Å². The van der Waals surface area contributed by atoms with Gasteiger partial charge in [0.15, 0.2) is 0 Å². The van der Waals surface area contributed by atoms with Crippen molar-refractivity contribution in [1.82, 2.24) is 0 Å². The van der Waals surface area contributed by atoms with E-state index in [-0.39, 0.29) is 16.3 Å². The first-order chi connectivity index (χ1) is 12.4. The largest absolute Gasteiger partial charge is 0.434 e. The highest BCUT2D eigenvalue weighted by molar-refractivity contribution is 6.36. The van der Waals surface area contributed by atoms with Crippen LogP contribution in [0.25, 0.3) is 0 Å². The summed E-state index contributed by atoms with van der Waals surface area (Å²) in [7, 11) is 0. The summed E-state index contributed by atoms with van der Waals surface area (Å²) in [6, 6.07) is 10.7. The molecule has 0 aromatic heterocycles. The van der Waals surface area contributed by atoms with Gasteiger partial charge < -0.3 is 14.9 Å². The third-order valence-corrected chi connectivity index (χ3v) is 3.65. The van der Waals surface area contributed by atoms with Crippen LogP contribution in [-0.2, 0) is 9.63 Å². The molecular formula is C17H14Cl2F2N2O3. The Kier molecular flexibility index (Phi) is 7.17. The summed E-state index contributed by atoms with van der Waals surface area (Å²) in [5.41, 5.74) is 0.650. The molecule has 0 heterocycles. The summed E-state index contributed by atoms with van der Waals surface area (Å²) in [5, 5.41) is 6.93. The van der Waals surface area contributed by atoms with Gasteiger partial charge >= 0.3 is 6.61 Å². The fourth-order valence-corrected chi connectivity index (χ4v) is 2.30. The molecule has 0 radical (unpaired) electrons. The van der Waals surface area contributed by atoms with Gasteiger partial charge in [0.05, 0.1) is 16.9 Å². The minimum atomic E-state index is -2.96. The summed E-state index contributed by atoms with van der Waals surface area (Å²) >= 11 is 11.8. The maximum Gasteiger partial charge on any atom is 0.387 e. The first-order valence-corrected chi connectivity index (χ1v) is 8.11. The zero-order valence-corrected chi connectivity index (χ0v) is 15.0. The molecule has 2 rings (SSSR count). The van der Waals surface area contributed by atoms with Crippen molar-refractivity contribution >= 4 is 41.0 Å². The SMILES string of the molecule is C[C@H](O/N=C\c1ccccc1OC(F)F)C(=O)Nc1ccc(Cl)cc1Cl. The number of hydrogen-bond acceptors (Lipinski definition) is 4. The first kappa shape index (κ1) is 19.9. The Bertz CT molecular complexity index is 803. The van der Waals surface area contributed by atoms with Gasteiger partial charge in [-0.05, 0) is 37.3 Å². The number of oxime groups is 1. The number of carbonyl (C=O) groups is 1. The lowest BCUT2D eigenvalue weighted by Gasteiger charge is -2.12. The molecule has 2 aromatic carbocycles. The second-order valence-corrected chi connectivity index (χ2v) is 5.86. The van der Waals surface area contributed by atoms with Crippen LogP contribution in [0.3, 0.4) is 0 Å². The number of nitrogens with zero attached hydrogens (tertiary/aromatic N) is 1. The van der Waals surface area contributed by atoms with E-state index in [2.05, 4.69) is 15.2 Å². The molecule has 138 valence electrons. The lowest BCUT2D eigenvalue weighted by Crippen LogP contribution is -2.26. The maximum atomic E-state index is 12.4. The zero-order chi connectivity index (χ0) is 19.1. The fraction of sp³-hybridized carbons (Fsp3) is 0.176. The van der Waals surface area contributed by atoms with Gasteiger partial charge in [0, 0.05) is 10.6 Å². The number of alkyl halides is 2. The Morgan fingerprint density at radius 1 is 1.23 bits per heavy atom. The zero-order valence-electron chi connectivity index (χ0n) is 13.5. The molecule has 5 nitrogen and oxygen atoms in total. The first-order valence-electron chi connectivity index (χ1n) is 7.35. The fourth-order valence-electron chi connectivity index (χ4n) is 1.84. The van der Waals surface area contributed by atoms with Gasteiger partial charge in [-0.25, -0.2) is 0 Å². The Labute approximate surface area is 158 Å². The smallest absolute Gasteiger partial charge is 0.387 e. The van der Waals surface area contributed by atoms with Gasteiger partial charge in [0.25, 0.3) is 5.91 Å². The number of anilines is 1. The van der Waals surface area contributed by atoms with Gasteiger partial charge in [-0.2, -0.15) is 8.78 Å². The van der Waals surface area contributed by atoms with Gasteiger partial charge in [0.1, 0.15) is 5.75 Å². The molecule has 26 heavy (non-hydrogen) atoms. The van der Waals surface area contributed by atoms with E-state index in [1.807, 2.05) is 0 Å². The molecule has 0 spiro atoms. The number of carbonyl (C=O) groups excluding carboxylic acids is 1. The van der Waals surface area contributed by atoms with Crippen molar-refractivity contribution in [3.05, 3.63) is 58.1 Å². The standard InChI is InChI=1S/C17H14Cl2F2N2O3/c1-10(16(24)23-14-7-6-12(18)8-13(14)19)26-22-9-11-4-2-3-5-15(11)25-17(20)21/h2-10,17H,1H3,(H,23,24)/b22-9-/t10-/m0/s1. The average molecular weight is 403 g/mol. The predicted molar refractivity (Wildman–Crippen MR) is 96.3 cm³/mol. The molecule has 0 saturated heterocycles. The number of hydrogen-bond donors (Lipinski definition) is 1. The lowest BCUT2D eigenvalue weighted by atomic mass is 10.2. The number of ether oxygens (including phenoxy) is 1. The van der Waals surface area contributed by atoms with Gasteiger partial charge in [-0.15, -0.1) is 0 Å². The van der Waals surface area contributed by atoms with Crippen LogP contribution in [0, 0.1) is 0 Å². The normalized spacial score (nSPS) is 12.2. The molecular weight excluding hydrogens is 389 g/mol. The highest BCUT2D eigenvalue weighted by Crippen LogP contribution is 2.25. The topological polar surface area (TPSA) is 59.9 Å². The molecule has 1 N–H and O–H groups in total. The Balaban J connectivity index is 1.96. The van der Waals surface area contributed by atoms with Crippen LogP contribution in [0.2, 0.25) is 10.0 Å². The summed E-state index contributed by atoms with van der Waals surface area (Å²) in [6.07, 6.45) is 0.220. The van der Waals surface area contributed by atoms with Crippen molar-refractivity contribution in [2.24, 2.45) is 5.16 Å². The van der Waals surface area contributed by atoms with E-state index >= 15 is 0 Å². The van der Waals surface area contributed by atoms with Gasteiger partial charge in [0.2, 0.25) is 6.10 Å². The monoisotopic (exact) mass is 402 g/mol. The average Bonchev–Trinajstić information content (AvgIpc) is 2.58. The highest BCUT2D eigenvalue weighted by atomic mass is 35.5. The third kappa shape index (κ3) is 5.86. The Hall–Kier alpha value is -2.38. The maximum absolute atomic E-state index is 12.4. The number of halogens is 4. The van der Waals surface area contributed by atoms with Crippen molar-refractivity contribution in [3.63, 3.8) is 0 Å². The third-order valence-electron chi connectivity index (χ3n) is 3.10. The number of para-hydroxylation sites is 1. The molecule has 0 saturated carbocycles. The quantitative estimate of drug-likeness (QED) is 0.525. The predicted octanol–water partition coefficient (Wildman–Crippen LogP) is 4.97. The van der Waals surface area contributed by atoms with Crippen LogP contribution in [-0.4, -0.2) is 24.8 Å². The molecule has 1 amide bonds. The van der Waals surface area contributed by atoms with Gasteiger partial charge in [-0.3, -0.25) is 4.79 Å². The second kappa shape index (κ2) is 9.35. The molecule has 0 unspecified atom stereocenters. The molecule has 0 aliphatic heterocycles. The summed E-state index contributed by atoms with van der Waals surface area (Å²) < 4.78 is 29.1. The Morgan fingerprint density at radius 3 is 2.65 bits per heavy atom. The van der Waals surface area contributed by atoms with Crippen molar-refractivity contribution in [1.29, 1.82) is 0 Å². The molecule has 0 aliphatic carbocycles. The Morgan fingerprint density at radius 2 is 1.96 bits per heavy atom. The summed E-state index contributed by atoms with van der Waals surface area (Å²) in [6.45, 7) is -1.49. The number of nitrogens with one attached hydrogen (secondary N) is 1. The van der Waals surface area contributed by atoms with Crippen molar-refractivity contribution < 1.29 is 23.1 Å². The van der Waals surface area contributed by atoms with E-state index in [0.29, 0.717) is 10.7 Å². The minimum absolute atomic E-state index is 0.0556. The second-order valence-electron chi connectivity index (χ2n) is 5.01. The van der Waals surface area contributed by atoms with Crippen molar-refractivity contribution in [2.75, 3.05) is 5.32 Å². The van der Waals surface area contributed by atoms with E-state index < -0.39 is 18.6 Å². The molecule has 0 fully saturated rings. The van der Waals surface area contributed by atoms with Crippen LogP contribution >= 0.6 is 23.2 Å². The molecule has 0 aliphatic rings. The van der Waals surface area contributed by atoms with E-state index in [9.17, 15) is 13.6 Å². The molecule has 9 heteroatoms. The van der Waals surface area contributed by atoms with Crippen LogP contribution in [0.1, 0.15) is 12.5 Å². The summed E-state index contributed by atoms with van der Waals surface area (Å²) in [4.78, 5) is 17.1. The molecule has 2 aromatic rings. The van der Waals surface area contributed by atoms with Crippen LogP contribution < -0.4 is 10.1 Å². The number of rotatable bonds is 7.